The molecule has 0 saturated heterocycles. The Bertz CT molecular complexity index is 650. The highest BCUT2D eigenvalue weighted by Crippen LogP contribution is 2.69. The lowest BCUT2D eigenvalue weighted by atomic mass is 9.81. The van der Waals surface area contributed by atoms with Crippen LogP contribution in [-0.2, 0) is 15.7 Å². The first-order valence-corrected chi connectivity index (χ1v) is 11.9. The Labute approximate surface area is 153 Å². The zero-order valence-corrected chi connectivity index (χ0v) is 16.2. The van der Waals surface area contributed by atoms with Crippen molar-refractivity contribution in [3.63, 3.8) is 0 Å². The van der Waals surface area contributed by atoms with Crippen LogP contribution in [0.3, 0.4) is 0 Å². The van der Waals surface area contributed by atoms with Crippen LogP contribution < -0.4 is 5.32 Å². The Morgan fingerprint density at radius 3 is 2.15 bits per heavy atom. The molecule has 1 saturated carbocycles. The van der Waals surface area contributed by atoms with Crippen molar-refractivity contribution in [3.8, 4) is 0 Å². The molecule has 0 radical (unpaired) electrons. The molecular weight excluding hydrogens is 380 g/mol. The van der Waals surface area contributed by atoms with E-state index < -0.39 is 26.7 Å². The molecule has 0 bridgehead atoms. The van der Waals surface area contributed by atoms with E-state index in [-0.39, 0.29) is 18.4 Å². The van der Waals surface area contributed by atoms with Gasteiger partial charge in [0.15, 0.2) is 0 Å². The highest BCUT2D eigenvalue weighted by atomic mass is 31.2. The Morgan fingerprint density at radius 2 is 1.58 bits per heavy atom. The van der Waals surface area contributed by atoms with Crippen molar-refractivity contribution in [1.29, 1.82) is 0 Å². The third kappa shape index (κ3) is 5.24. The number of aliphatic hydroxyl groups is 1. The lowest BCUT2D eigenvalue weighted by molar-refractivity contribution is 0.109. The number of hydrogen-bond donors (Lipinski definition) is 6. The highest BCUT2D eigenvalue weighted by Gasteiger charge is 2.59. The zero-order valence-electron chi connectivity index (χ0n) is 14.4. The van der Waals surface area contributed by atoms with Gasteiger partial charge in [0, 0.05) is 19.0 Å². The molecule has 2 unspecified atom stereocenters. The van der Waals surface area contributed by atoms with Gasteiger partial charge in [0.25, 0.3) is 5.08 Å². The standard InChI is InChI=1S/C16H27NO7P2/c18-16(25(19,20)21,26(22,23)24)11-10-14-8-4-5-9-15(14)17-12-13-6-2-1-3-7-13/h1-3,6-7,14-15,17-18H,4-5,8-12H2,(H2,19,20,21)(H2,22,23,24). The summed E-state index contributed by atoms with van der Waals surface area (Å²) in [5.41, 5.74) is 1.11. The lowest BCUT2D eigenvalue weighted by Gasteiger charge is -2.35. The van der Waals surface area contributed by atoms with Gasteiger partial charge in [-0.3, -0.25) is 9.13 Å². The van der Waals surface area contributed by atoms with E-state index in [4.69, 9.17) is 0 Å². The third-order valence-corrected chi connectivity index (χ3v) is 8.98. The Kier molecular flexibility index (Phi) is 7.22. The molecule has 1 aromatic rings. The van der Waals surface area contributed by atoms with E-state index in [1.54, 1.807) is 0 Å². The summed E-state index contributed by atoms with van der Waals surface area (Å²) in [5.74, 6) is -0.0166. The quantitative estimate of drug-likeness (QED) is 0.359. The normalized spacial score (nSPS) is 22.3. The minimum atomic E-state index is -5.39. The third-order valence-electron chi connectivity index (χ3n) is 5.10. The molecule has 1 aromatic carbocycles. The van der Waals surface area contributed by atoms with Gasteiger partial charge in [-0.05, 0) is 30.7 Å². The van der Waals surface area contributed by atoms with Gasteiger partial charge < -0.3 is 30.0 Å². The summed E-state index contributed by atoms with van der Waals surface area (Å²) >= 11 is 0. The molecule has 0 amide bonds. The van der Waals surface area contributed by atoms with Gasteiger partial charge in [0.2, 0.25) is 0 Å². The van der Waals surface area contributed by atoms with Gasteiger partial charge in [-0.15, -0.1) is 0 Å². The average Bonchev–Trinajstić information content (AvgIpc) is 2.57. The van der Waals surface area contributed by atoms with Crippen LogP contribution in [0.4, 0.5) is 0 Å². The molecule has 2 rings (SSSR count). The average molecular weight is 407 g/mol. The first-order valence-electron chi connectivity index (χ1n) is 8.65. The molecule has 26 heavy (non-hydrogen) atoms. The van der Waals surface area contributed by atoms with E-state index in [1.165, 1.54) is 0 Å². The molecule has 2 atom stereocenters. The zero-order chi connectivity index (χ0) is 19.4. The van der Waals surface area contributed by atoms with Crippen molar-refractivity contribution in [1.82, 2.24) is 5.32 Å². The van der Waals surface area contributed by atoms with Crippen molar-refractivity contribution < 1.29 is 33.8 Å². The van der Waals surface area contributed by atoms with Crippen LogP contribution in [0.15, 0.2) is 30.3 Å². The number of nitrogens with one attached hydrogen (secondary N) is 1. The maximum Gasteiger partial charge on any atom is 0.369 e. The van der Waals surface area contributed by atoms with Gasteiger partial charge in [-0.1, -0.05) is 43.2 Å². The Balaban J connectivity index is 2.03. The van der Waals surface area contributed by atoms with Crippen molar-refractivity contribution in [3.05, 3.63) is 35.9 Å². The van der Waals surface area contributed by atoms with Crippen LogP contribution in [0.2, 0.25) is 0 Å². The van der Waals surface area contributed by atoms with E-state index in [1.807, 2.05) is 30.3 Å². The van der Waals surface area contributed by atoms with Crippen molar-refractivity contribution >= 4 is 15.2 Å². The van der Waals surface area contributed by atoms with Crippen LogP contribution in [0.25, 0.3) is 0 Å². The minimum absolute atomic E-state index is 0.0166. The largest absolute Gasteiger partial charge is 0.369 e. The second kappa shape index (κ2) is 8.63. The van der Waals surface area contributed by atoms with E-state index >= 15 is 0 Å². The summed E-state index contributed by atoms with van der Waals surface area (Å²) < 4.78 is 23.0. The van der Waals surface area contributed by atoms with Crippen LogP contribution in [0, 0.1) is 5.92 Å². The highest BCUT2D eigenvalue weighted by molar-refractivity contribution is 7.72. The Morgan fingerprint density at radius 1 is 1.00 bits per heavy atom. The molecule has 0 spiro atoms. The predicted molar refractivity (Wildman–Crippen MR) is 97.3 cm³/mol. The molecule has 1 fully saturated rings. The second-order valence-electron chi connectivity index (χ2n) is 6.92. The monoisotopic (exact) mass is 407 g/mol. The van der Waals surface area contributed by atoms with Crippen molar-refractivity contribution in [2.75, 3.05) is 0 Å². The van der Waals surface area contributed by atoms with Gasteiger partial charge >= 0.3 is 15.2 Å². The molecule has 0 aromatic heterocycles. The molecule has 8 nitrogen and oxygen atoms in total. The topological polar surface area (TPSA) is 147 Å². The van der Waals surface area contributed by atoms with Crippen LogP contribution in [-0.4, -0.2) is 35.8 Å². The maximum absolute atomic E-state index is 11.5. The molecule has 148 valence electrons. The first-order chi connectivity index (χ1) is 12.0. The molecule has 10 heteroatoms. The SMILES string of the molecule is O=P(O)(O)C(O)(CCC1CCCCC1NCc1ccccc1)P(=O)(O)O. The number of rotatable bonds is 8. The molecule has 0 heterocycles. The van der Waals surface area contributed by atoms with E-state index in [0.717, 1.165) is 31.2 Å². The van der Waals surface area contributed by atoms with E-state index in [9.17, 15) is 33.8 Å². The molecular formula is C16H27NO7P2. The Hall–Kier alpha value is -0.560. The van der Waals surface area contributed by atoms with E-state index in [0.29, 0.717) is 6.54 Å². The fourth-order valence-corrected chi connectivity index (χ4v) is 5.71. The van der Waals surface area contributed by atoms with Gasteiger partial charge in [-0.25, -0.2) is 0 Å². The number of benzene rings is 1. The molecule has 1 aliphatic rings. The van der Waals surface area contributed by atoms with Crippen molar-refractivity contribution in [2.24, 2.45) is 5.92 Å². The summed E-state index contributed by atoms with van der Waals surface area (Å²) in [6.07, 6.45) is 3.10. The van der Waals surface area contributed by atoms with Gasteiger partial charge in [-0.2, -0.15) is 0 Å². The summed E-state index contributed by atoms with van der Waals surface area (Å²) in [6.45, 7) is 0.642. The summed E-state index contributed by atoms with van der Waals surface area (Å²) in [7, 11) is -10.8. The molecule has 6 N–H and O–H groups in total. The van der Waals surface area contributed by atoms with Gasteiger partial charge in [0.05, 0.1) is 0 Å². The fraction of sp³-hybridized carbons (Fsp3) is 0.625. The second-order valence-corrected chi connectivity index (χ2v) is 10.9. The summed E-state index contributed by atoms with van der Waals surface area (Å²) in [4.78, 5) is 37.1. The van der Waals surface area contributed by atoms with Gasteiger partial charge in [0.1, 0.15) is 0 Å². The van der Waals surface area contributed by atoms with Crippen molar-refractivity contribution in [2.45, 2.75) is 56.2 Å². The van der Waals surface area contributed by atoms with Crippen LogP contribution in [0.1, 0.15) is 44.1 Å². The van der Waals surface area contributed by atoms with E-state index in [2.05, 4.69) is 5.32 Å². The lowest BCUT2D eigenvalue weighted by Crippen LogP contribution is -2.39. The fourth-order valence-electron chi connectivity index (χ4n) is 3.51. The first kappa shape index (κ1) is 21.7. The molecule has 0 aliphatic heterocycles. The maximum atomic E-state index is 11.5. The van der Waals surface area contributed by atoms with Crippen LogP contribution in [0.5, 0.6) is 0 Å². The van der Waals surface area contributed by atoms with Crippen LogP contribution >= 0.6 is 15.2 Å². The summed E-state index contributed by atoms with van der Waals surface area (Å²) in [5, 5.41) is 10.2. The number of hydrogen-bond acceptors (Lipinski definition) is 4. The summed E-state index contributed by atoms with van der Waals surface area (Å²) in [6, 6.07) is 9.86. The predicted octanol–water partition coefficient (Wildman–Crippen LogP) is 2.12. The smallest absolute Gasteiger partial charge is 0.368 e. The molecule has 1 aliphatic carbocycles. The minimum Gasteiger partial charge on any atom is -0.368 e.